The Hall–Kier alpha value is -2.23. The summed E-state index contributed by atoms with van der Waals surface area (Å²) in [7, 11) is 1.52. The molecule has 1 aromatic heterocycles. The average Bonchev–Trinajstić information content (AvgIpc) is 3.01. The van der Waals surface area contributed by atoms with E-state index in [1.807, 2.05) is 6.07 Å². The van der Waals surface area contributed by atoms with Gasteiger partial charge in [0.25, 0.3) is 6.02 Å². The second-order valence-electron chi connectivity index (χ2n) is 4.48. The van der Waals surface area contributed by atoms with Crippen molar-refractivity contribution in [1.29, 1.82) is 0 Å². The molecule has 0 spiro atoms. The van der Waals surface area contributed by atoms with E-state index < -0.39 is 0 Å². The van der Waals surface area contributed by atoms with Gasteiger partial charge in [0.05, 0.1) is 19.6 Å². The number of furan rings is 1. The van der Waals surface area contributed by atoms with Gasteiger partial charge in [-0.25, -0.2) is 4.99 Å². The highest BCUT2D eigenvalue weighted by molar-refractivity contribution is 5.71. The second-order valence-corrected chi connectivity index (χ2v) is 4.48. The lowest BCUT2D eigenvalue weighted by atomic mass is 9.93. The number of amidine groups is 1. The zero-order chi connectivity index (χ0) is 14.4. The molecule has 0 bridgehead atoms. The topological polar surface area (TPSA) is 60.8 Å². The van der Waals surface area contributed by atoms with Crippen LogP contribution in [0.25, 0.3) is 11.1 Å². The highest BCUT2D eigenvalue weighted by atomic mass is 16.5. The van der Waals surface area contributed by atoms with Crippen LogP contribution in [0.1, 0.15) is 18.1 Å². The third kappa shape index (κ3) is 3.20. The van der Waals surface area contributed by atoms with Crippen LogP contribution in [0.15, 0.2) is 46.2 Å². The monoisotopic (exact) mass is 272 g/mol. The number of rotatable bonds is 5. The fourth-order valence-electron chi connectivity index (χ4n) is 2.29. The maximum absolute atomic E-state index is 5.55. The number of hydrogen-bond donors (Lipinski definition) is 1. The van der Waals surface area contributed by atoms with Crippen molar-refractivity contribution >= 4 is 6.02 Å². The molecule has 0 radical (unpaired) electrons. The van der Waals surface area contributed by atoms with Gasteiger partial charge in [-0.3, -0.25) is 0 Å². The maximum Gasteiger partial charge on any atom is 0.281 e. The standard InChI is InChI=1S/C16H20N2O2/c1-3-12-5-4-6-14(13-8-10-20-11-13)15(12)7-9-18-16(17)19-2/h4-6,8,10-11H,3,7,9H2,1-2H3,(H2,17,18). The van der Waals surface area contributed by atoms with Crippen LogP contribution >= 0.6 is 0 Å². The molecule has 1 aromatic carbocycles. The number of nitrogens with zero attached hydrogens (tertiary/aromatic N) is 1. The summed E-state index contributed by atoms with van der Waals surface area (Å²) in [6.07, 6.45) is 5.28. The summed E-state index contributed by atoms with van der Waals surface area (Å²) in [6.45, 7) is 2.77. The number of hydrogen-bond acceptors (Lipinski definition) is 3. The van der Waals surface area contributed by atoms with E-state index in [1.54, 1.807) is 12.5 Å². The molecule has 2 N–H and O–H groups in total. The predicted octanol–water partition coefficient (Wildman–Crippen LogP) is 3.01. The minimum atomic E-state index is 0.226. The lowest BCUT2D eigenvalue weighted by molar-refractivity contribution is 0.394. The van der Waals surface area contributed by atoms with Crippen LogP contribution in [0.2, 0.25) is 0 Å². The summed E-state index contributed by atoms with van der Waals surface area (Å²) in [6, 6.07) is 8.55. The summed E-state index contributed by atoms with van der Waals surface area (Å²) < 4.78 is 10.0. The van der Waals surface area contributed by atoms with Crippen LogP contribution in [0, 0.1) is 0 Å². The Morgan fingerprint density at radius 2 is 2.20 bits per heavy atom. The number of ether oxygens (including phenoxy) is 1. The summed E-state index contributed by atoms with van der Waals surface area (Å²) in [4.78, 5) is 4.18. The quantitative estimate of drug-likeness (QED) is 0.672. The van der Waals surface area contributed by atoms with Gasteiger partial charge < -0.3 is 14.9 Å². The van der Waals surface area contributed by atoms with E-state index in [0.29, 0.717) is 6.54 Å². The minimum Gasteiger partial charge on any atom is -0.472 e. The largest absolute Gasteiger partial charge is 0.472 e. The zero-order valence-electron chi connectivity index (χ0n) is 11.9. The average molecular weight is 272 g/mol. The number of aliphatic imine (C=N–C) groups is 1. The molecular weight excluding hydrogens is 252 g/mol. The van der Waals surface area contributed by atoms with Gasteiger partial charge in [-0.1, -0.05) is 25.1 Å². The fourth-order valence-corrected chi connectivity index (χ4v) is 2.29. The highest BCUT2D eigenvalue weighted by Crippen LogP contribution is 2.27. The smallest absolute Gasteiger partial charge is 0.281 e. The van der Waals surface area contributed by atoms with Crippen LogP contribution in [0.5, 0.6) is 0 Å². The third-order valence-corrected chi connectivity index (χ3v) is 3.32. The zero-order valence-corrected chi connectivity index (χ0v) is 11.9. The van der Waals surface area contributed by atoms with Gasteiger partial charge in [0.2, 0.25) is 0 Å². The van der Waals surface area contributed by atoms with Crippen molar-refractivity contribution in [3.8, 4) is 11.1 Å². The first-order valence-electron chi connectivity index (χ1n) is 6.73. The highest BCUT2D eigenvalue weighted by Gasteiger charge is 2.10. The maximum atomic E-state index is 5.55. The van der Waals surface area contributed by atoms with E-state index in [-0.39, 0.29) is 6.02 Å². The van der Waals surface area contributed by atoms with E-state index in [1.165, 1.54) is 23.8 Å². The van der Waals surface area contributed by atoms with Crippen molar-refractivity contribution < 1.29 is 9.15 Å². The molecule has 0 saturated carbocycles. The van der Waals surface area contributed by atoms with Crippen LogP contribution in [-0.4, -0.2) is 19.7 Å². The Kier molecular flexibility index (Phi) is 4.82. The molecule has 0 atom stereocenters. The van der Waals surface area contributed by atoms with Gasteiger partial charge in [-0.05, 0) is 35.6 Å². The number of aryl methyl sites for hydroxylation is 1. The summed E-state index contributed by atoms with van der Waals surface area (Å²) >= 11 is 0. The van der Waals surface area contributed by atoms with Gasteiger partial charge >= 0.3 is 0 Å². The van der Waals surface area contributed by atoms with Crippen molar-refractivity contribution in [2.45, 2.75) is 19.8 Å². The van der Waals surface area contributed by atoms with Crippen LogP contribution in [0.4, 0.5) is 0 Å². The van der Waals surface area contributed by atoms with E-state index in [4.69, 9.17) is 14.9 Å². The van der Waals surface area contributed by atoms with Crippen molar-refractivity contribution in [1.82, 2.24) is 0 Å². The first-order valence-corrected chi connectivity index (χ1v) is 6.73. The first kappa shape index (κ1) is 14.2. The molecule has 0 amide bonds. The molecule has 0 aliphatic heterocycles. The summed E-state index contributed by atoms with van der Waals surface area (Å²) in [5.74, 6) is 0. The van der Waals surface area contributed by atoms with E-state index in [9.17, 15) is 0 Å². The molecule has 2 aromatic rings. The van der Waals surface area contributed by atoms with Gasteiger partial charge in [0, 0.05) is 12.1 Å². The Balaban J connectivity index is 2.29. The first-order chi connectivity index (χ1) is 9.76. The van der Waals surface area contributed by atoms with Gasteiger partial charge in [0.15, 0.2) is 0 Å². The van der Waals surface area contributed by atoms with Crippen molar-refractivity contribution in [3.63, 3.8) is 0 Å². The molecule has 1 heterocycles. The summed E-state index contributed by atoms with van der Waals surface area (Å²) in [5.41, 5.74) is 10.5. The minimum absolute atomic E-state index is 0.226. The second kappa shape index (κ2) is 6.80. The van der Waals surface area contributed by atoms with Crippen LogP contribution in [0.3, 0.4) is 0 Å². The van der Waals surface area contributed by atoms with Crippen molar-refractivity contribution in [2.75, 3.05) is 13.7 Å². The number of nitrogens with two attached hydrogens (primary N) is 1. The SMILES string of the molecule is CCc1cccc(-c2ccoc2)c1CCN=C(N)OC. The molecule has 4 nitrogen and oxygen atoms in total. The van der Waals surface area contributed by atoms with Crippen molar-refractivity contribution in [2.24, 2.45) is 10.7 Å². The Bertz CT molecular complexity index is 574. The molecule has 0 aliphatic carbocycles. The molecule has 0 aliphatic rings. The molecule has 2 rings (SSSR count). The Morgan fingerprint density at radius 3 is 2.85 bits per heavy atom. The van der Waals surface area contributed by atoms with E-state index >= 15 is 0 Å². The molecule has 0 fully saturated rings. The van der Waals surface area contributed by atoms with E-state index in [2.05, 4.69) is 30.1 Å². The van der Waals surface area contributed by atoms with Gasteiger partial charge in [-0.15, -0.1) is 0 Å². The van der Waals surface area contributed by atoms with E-state index in [0.717, 1.165) is 18.4 Å². The molecule has 0 unspecified atom stereocenters. The molecule has 0 saturated heterocycles. The molecular formula is C16H20N2O2. The van der Waals surface area contributed by atoms with Gasteiger partial charge in [-0.2, -0.15) is 0 Å². The van der Waals surface area contributed by atoms with Crippen molar-refractivity contribution in [3.05, 3.63) is 47.9 Å². The summed E-state index contributed by atoms with van der Waals surface area (Å²) in [5, 5.41) is 0. The number of benzene rings is 1. The van der Waals surface area contributed by atoms with Crippen LogP contribution < -0.4 is 5.73 Å². The fraction of sp³-hybridized carbons (Fsp3) is 0.312. The molecule has 4 heteroatoms. The predicted molar refractivity (Wildman–Crippen MR) is 80.7 cm³/mol. The van der Waals surface area contributed by atoms with Crippen LogP contribution in [-0.2, 0) is 17.6 Å². The molecule has 106 valence electrons. The normalized spacial score (nSPS) is 11.6. The lowest BCUT2D eigenvalue weighted by Gasteiger charge is -2.12. The lowest BCUT2D eigenvalue weighted by Crippen LogP contribution is -2.14. The number of methoxy groups -OCH3 is 1. The Labute approximate surface area is 119 Å². The van der Waals surface area contributed by atoms with Gasteiger partial charge in [0.1, 0.15) is 0 Å². The molecule has 20 heavy (non-hydrogen) atoms. The Morgan fingerprint density at radius 1 is 1.35 bits per heavy atom. The third-order valence-electron chi connectivity index (χ3n) is 3.32.